The third-order valence-electron chi connectivity index (χ3n) is 6.06. The first-order valence-corrected chi connectivity index (χ1v) is 13.3. The van der Waals surface area contributed by atoms with E-state index >= 15 is 0 Å². The van der Waals surface area contributed by atoms with Gasteiger partial charge in [-0.1, -0.05) is 29.4 Å². The number of aryl methyl sites for hydroxylation is 2. The number of para-hydroxylation sites is 1. The molecule has 2 aromatic carbocycles. The van der Waals surface area contributed by atoms with Gasteiger partial charge in [-0.3, -0.25) is 4.79 Å². The summed E-state index contributed by atoms with van der Waals surface area (Å²) < 4.78 is 33.6. The van der Waals surface area contributed by atoms with E-state index < -0.39 is 10.0 Å². The number of aromatic nitrogens is 2. The fourth-order valence-electron chi connectivity index (χ4n) is 4.30. The van der Waals surface area contributed by atoms with Crippen LogP contribution in [0.25, 0.3) is 20.8 Å². The van der Waals surface area contributed by atoms with E-state index in [-0.39, 0.29) is 35.6 Å². The van der Waals surface area contributed by atoms with Crippen molar-refractivity contribution in [1.82, 2.24) is 14.4 Å². The quantitative estimate of drug-likeness (QED) is 0.433. The number of fused-ring (bicyclic) bond motifs is 1. The van der Waals surface area contributed by atoms with Gasteiger partial charge in [-0.25, -0.2) is 13.4 Å². The lowest BCUT2D eigenvalue weighted by Crippen LogP contribution is -2.41. The second kappa shape index (κ2) is 8.94. The summed E-state index contributed by atoms with van der Waals surface area (Å²) in [5.74, 6) is -0.0802. The standard InChI is InChI=1S/C24H24N4O4S2/c1-15-22(16(2)32-27-15)34(30,31)28-12-10-17(11-13-28)23(29)25-19-7-5-6-18(14-19)24-26-20-8-3-4-9-21(20)33-24/h3-9,14,17H,10-13H2,1-2H3,(H,25,29). The van der Waals surface area contributed by atoms with Crippen LogP contribution in [0.1, 0.15) is 24.3 Å². The highest BCUT2D eigenvalue weighted by atomic mass is 32.2. The van der Waals surface area contributed by atoms with Crippen LogP contribution >= 0.6 is 11.3 Å². The third-order valence-corrected chi connectivity index (χ3v) is 9.29. The zero-order chi connectivity index (χ0) is 23.9. The minimum atomic E-state index is -3.70. The number of carbonyl (C=O) groups is 1. The molecule has 0 bridgehead atoms. The largest absolute Gasteiger partial charge is 0.360 e. The molecule has 1 amide bonds. The summed E-state index contributed by atoms with van der Waals surface area (Å²) in [7, 11) is -3.70. The van der Waals surface area contributed by atoms with Crippen molar-refractivity contribution in [3.8, 4) is 10.6 Å². The molecule has 0 radical (unpaired) electrons. The van der Waals surface area contributed by atoms with Gasteiger partial charge >= 0.3 is 0 Å². The Hall–Kier alpha value is -3.08. The number of nitrogens with one attached hydrogen (secondary N) is 1. The van der Waals surface area contributed by atoms with E-state index in [2.05, 4.69) is 10.5 Å². The second-order valence-corrected chi connectivity index (χ2v) is 11.3. The molecule has 176 valence electrons. The van der Waals surface area contributed by atoms with E-state index in [0.717, 1.165) is 20.8 Å². The molecular weight excluding hydrogens is 472 g/mol. The van der Waals surface area contributed by atoms with Gasteiger partial charge in [0.1, 0.15) is 15.6 Å². The van der Waals surface area contributed by atoms with Crippen LogP contribution < -0.4 is 5.32 Å². The summed E-state index contributed by atoms with van der Waals surface area (Å²) in [4.78, 5) is 17.7. The molecule has 0 unspecified atom stereocenters. The van der Waals surface area contributed by atoms with Crippen LogP contribution in [0.2, 0.25) is 0 Å². The highest BCUT2D eigenvalue weighted by Gasteiger charge is 2.35. The zero-order valence-electron chi connectivity index (χ0n) is 18.8. The lowest BCUT2D eigenvalue weighted by Gasteiger charge is -2.30. The number of nitrogens with zero attached hydrogens (tertiary/aromatic N) is 3. The van der Waals surface area contributed by atoms with Gasteiger partial charge in [0.05, 0.1) is 10.2 Å². The maximum absolute atomic E-state index is 13.0. The second-order valence-electron chi connectivity index (χ2n) is 8.39. The van der Waals surface area contributed by atoms with Gasteiger partial charge in [-0.15, -0.1) is 11.3 Å². The highest BCUT2D eigenvalue weighted by Crippen LogP contribution is 2.32. The molecule has 1 fully saturated rings. The van der Waals surface area contributed by atoms with E-state index in [4.69, 9.17) is 9.51 Å². The van der Waals surface area contributed by atoms with E-state index in [1.807, 2.05) is 48.5 Å². The van der Waals surface area contributed by atoms with Crippen LogP contribution in [0.4, 0.5) is 5.69 Å². The van der Waals surface area contributed by atoms with Crippen molar-refractivity contribution in [3.63, 3.8) is 0 Å². The molecular formula is C24H24N4O4S2. The van der Waals surface area contributed by atoms with Crippen LogP contribution in [-0.4, -0.2) is 41.9 Å². The van der Waals surface area contributed by atoms with Crippen molar-refractivity contribution in [2.45, 2.75) is 31.6 Å². The molecule has 0 spiro atoms. The molecule has 0 atom stereocenters. The highest BCUT2D eigenvalue weighted by molar-refractivity contribution is 7.89. The Morgan fingerprint density at radius 2 is 1.88 bits per heavy atom. The number of amides is 1. The molecule has 1 saturated heterocycles. The van der Waals surface area contributed by atoms with Gasteiger partial charge in [0, 0.05) is 30.3 Å². The van der Waals surface area contributed by atoms with E-state index in [9.17, 15) is 13.2 Å². The summed E-state index contributed by atoms with van der Waals surface area (Å²) >= 11 is 1.61. The lowest BCUT2D eigenvalue weighted by molar-refractivity contribution is -0.120. The summed E-state index contributed by atoms with van der Waals surface area (Å²) in [5, 5.41) is 7.66. The molecule has 4 aromatic rings. The van der Waals surface area contributed by atoms with Crippen molar-refractivity contribution < 1.29 is 17.7 Å². The van der Waals surface area contributed by atoms with Gasteiger partial charge in [0.2, 0.25) is 15.9 Å². The van der Waals surface area contributed by atoms with Gasteiger partial charge in [-0.2, -0.15) is 4.31 Å². The first-order chi connectivity index (χ1) is 16.3. The molecule has 1 aliphatic rings. The fraction of sp³-hybridized carbons (Fsp3) is 0.292. The van der Waals surface area contributed by atoms with E-state index in [1.165, 1.54) is 4.31 Å². The Bertz CT molecular complexity index is 1410. The average Bonchev–Trinajstić information content (AvgIpc) is 3.42. The first kappa shape index (κ1) is 22.7. The van der Waals surface area contributed by atoms with Crippen molar-refractivity contribution in [3.05, 3.63) is 60.0 Å². The number of sulfonamides is 1. The molecule has 10 heteroatoms. The molecule has 3 heterocycles. The van der Waals surface area contributed by atoms with Crippen LogP contribution in [0.5, 0.6) is 0 Å². The normalized spacial score (nSPS) is 15.6. The molecule has 5 rings (SSSR count). The maximum Gasteiger partial charge on any atom is 0.248 e. The van der Waals surface area contributed by atoms with Crippen LogP contribution in [-0.2, 0) is 14.8 Å². The van der Waals surface area contributed by atoms with E-state index in [1.54, 1.807) is 25.2 Å². The predicted molar refractivity (Wildman–Crippen MR) is 131 cm³/mol. The molecule has 1 N–H and O–H groups in total. The van der Waals surface area contributed by atoms with Crippen molar-refractivity contribution in [2.75, 3.05) is 18.4 Å². The summed E-state index contributed by atoms with van der Waals surface area (Å²) in [5.41, 5.74) is 2.95. The number of hydrogen-bond donors (Lipinski definition) is 1. The molecule has 8 nitrogen and oxygen atoms in total. The fourth-order valence-corrected chi connectivity index (χ4v) is 7.02. The topological polar surface area (TPSA) is 105 Å². The molecule has 34 heavy (non-hydrogen) atoms. The van der Waals surface area contributed by atoms with Gasteiger partial charge < -0.3 is 9.84 Å². The van der Waals surface area contributed by atoms with E-state index in [0.29, 0.717) is 24.2 Å². The monoisotopic (exact) mass is 496 g/mol. The Morgan fingerprint density at radius 3 is 2.59 bits per heavy atom. The summed E-state index contributed by atoms with van der Waals surface area (Å²) in [6, 6.07) is 15.6. The molecule has 0 aliphatic carbocycles. The third kappa shape index (κ3) is 4.24. The SMILES string of the molecule is Cc1noc(C)c1S(=O)(=O)N1CCC(C(=O)Nc2cccc(-c3nc4ccccc4s3)c2)CC1. The number of thiazole rings is 1. The van der Waals surface area contributed by atoms with Gasteiger partial charge in [0.25, 0.3) is 0 Å². The van der Waals surface area contributed by atoms with Crippen molar-refractivity contribution in [2.24, 2.45) is 5.92 Å². The Morgan fingerprint density at radius 1 is 1.12 bits per heavy atom. The lowest BCUT2D eigenvalue weighted by atomic mass is 9.97. The summed E-state index contributed by atoms with van der Waals surface area (Å²) in [6.45, 7) is 3.76. The number of anilines is 1. The molecule has 2 aromatic heterocycles. The smallest absolute Gasteiger partial charge is 0.248 e. The number of hydrogen-bond acceptors (Lipinski definition) is 7. The average molecular weight is 497 g/mol. The van der Waals surface area contributed by atoms with Gasteiger partial charge in [-0.05, 0) is 51.0 Å². The van der Waals surface area contributed by atoms with Crippen LogP contribution in [0, 0.1) is 19.8 Å². The number of benzene rings is 2. The minimum absolute atomic E-state index is 0.101. The van der Waals surface area contributed by atoms with Crippen LogP contribution in [0.3, 0.4) is 0 Å². The molecule has 1 aliphatic heterocycles. The van der Waals surface area contributed by atoms with Crippen molar-refractivity contribution >= 4 is 43.2 Å². The Labute approximate surface area is 201 Å². The first-order valence-electron chi connectivity index (χ1n) is 11.0. The molecule has 0 saturated carbocycles. The van der Waals surface area contributed by atoms with Gasteiger partial charge in [0.15, 0.2) is 5.76 Å². The number of rotatable bonds is 5. The summed E-state index contributed by atoms with van der Waals surface area (Å²) in [6.07, 6.45) is 0.901. The zero-order valence-corrected chi connectivity index (χ0v) is 20.4. The minimum Gasteiger partial charge on any atom is -0.360 e. The maximum atomic E-state index is 13.0. The van der Waals surface area contributed by atoms with Crippen LogP contribution in [0.15, 0.2) is 57.9 Å². The Balaban J connectivity index is 1.25. The van der Waals surface area contributed by atoms with Crippen molar-refractivity contribution in [1.29, 1.82) is 0 Å². The predicted octanol–water partition coefficient (Wildman–Crippen LogP) is 4.61. The Kier molecular flexibility index (Phi) is 5.97. The number of carbonyl (C=O) groups excluding carboxylic acids is 1. The number of piperidine rings is 1.